The minimum atomic E-state index is 0.329. The van der Waals surface area contributed by atoms with Gasteiger partial charge in [0, 0.05) is 0 Å². The summed E-state index contributed by atoms with van der Waals surface area (Å²) in [6, 6.07) is 21.3. The number of ether oxygens (including phenoxy) is 1. The maximum atomic E-state index is 6.11. The molecular weight excluding hydrogens is 366 g/mol. The Balaban J connectivity index is 1.80. The number of rotatable bonds is 6. The van der Waals surface area contributed by atoms with Crippen LogP contribution in [0.25, 0.3) is 0 Å². The quantitative estimate of drug-likeness (QED) is 0.690. The summed E-state index contributed by atoms with van der Waals surface area (Å²) in [4.78, 5) is 0. The second-order valence-electron chi connectivity index (χ2n) is 4.13. The minimum absolute atomic E-state index is 0.329. The van der Waals surface area contributed by atoms with Crippen molar-refractivity contribution in [2.75, 3.05) is 0 Å². The molecule has 0 aliphatic rings. The van der Waals surface area contributed by atoms with Crippen LogP contribution in [-0.4, -0.2) is 39.9 Å². The molecule has 0 aliphatic heterocycles. The van der Waals surface area contributed by atoms with Crippen molar-refractivity contribution < 1.29 is 4.74 Å². The van der Waals surface area contributed by atoms with Crippen molar-refractivity contribution in [3.63, 3.8) is 0 Å². The molecule has 2 rings (SSSR count). The van der Waals surface area contributed by atoms with E-state index in [4.69, 9.17) is 4.74 Å². The van der Waals surface area contributed by atoms with Gasteiger partial charge in [-0.3, -0.25) is 0 Å². The molecule has 0 aliphatic carbocycles. The van der Waals surface area contributed by atoms with E-state index in [0.29, 0.717) is 39.9 Å². The van der Waals surface area contributed by atoms with Crippen molar-refractivity contribution in [1.29, 1.82) is 0 Å². The fraction of sp³-hybridized carbons (Fsp3) is 0.250. The van der Waals surface area contributed by atoms with Crippen LogP contribution in [0.5, 0.6) is 0 Å². The van der Waals surface area contributed by atoms with Gasteiger partial charge in [-0.15, -0.1) is 0 Å². The summed E-state index contributed by atoms with van der Waals surface area (Å²) in [5.41, 5.74) is 0. The first-order valence-corrected chi connectivity index (χ1v) is 10.0. The zero-order valence-corrected chi connectivity index (χ0v) is 14.6. The summed E-state index contributed by atoms with van der Waals surface area (Å²) >= 11 is 0.782. The van der Waals surface area contributed by atoms with Crippen LogP contribution in [0.3, 0.4) is 0 Å². The molecule has 3 heteroatoms. The molecule has 0 saturated carbocycles. The van der Waals surface area contributed by atoms with Gasteiger partial charge in [0.15, 0.2) is 0 Å². The Labute approximate surface area is 128 Å². The van der Waals surface area contributed by atoms with Crippen molar-refractivity contribution in [2.45, 2.75) is 23.9 Å². The first kappa shape index (κ1) is 14.8. The van der Waals surface area contributed by atoms with Gasteiger partial charge in [0.2, 0.25) is 0 Å². The van der Waals surface area contributed by atoms with E-state index in [0.717, 1.165) is 0 Å². The number of hydrogen-bond acceptors (Lipinski definition) is 1. The average Bonchev–Trinajstić information content (AvgIpc) is 2.40. The van der Waals surface area contributed by atoms with Gasteiger partial charge in [0.25, 0.3) is 0 Å². The summed E-state index contributed by atoms with van der Waals surface area (Å²) in [5.74, 6) is 0. The van der Waals surface area contributed by atoms with Crippen LogP contribution in [0.1, 0.15) is 13.8 Å². The van der Waals surface area contributed by atoms with Crippen molar-refractivity contribution in [3.05, 3.63) is 60.7 Å². The monoisotopic (exact) mass is 386 g/mol. The Morgan fingerprint density at radius 3 is 1.42 bits per heavy atom. The number of benzene rings is 2. The predicted molar refractivity (Wildman–Crippen MR) is 83.7 cm³/mol. The fourth-order valence-electron chi connectivity index (χ4n) is 1.71. The molecule has 19 heavy (non-hydrogen) atoms. The Bertz CT molecular complexity index is 427. The summed E-state index contributed by atoms with van der Waals surface area (Å²) in [6.07, 6.45) is 0. The van der Waals surface area contributed by atoms with Crippen molar-refractivity contribution >= 4 is 38.8 Å². The van der Waals surface area contributed by atoms with Gasteiger partial charge >= 0.3 is 128 Å². The summed E-state index contributed by atoms with van der Waals surface area (Å²) in [5, 5.41) is 0.658. The summed E-state index contributed by atoms with van der Waals surface area (Å²) in [6.45, 7) is 4.37. The Hall–Kier alpha value is -0.561. The molecule has 0 fully saturated rings. The van der Waals surface area contributed by atoms with E-state index in [1.807, 2.05) is 0 Å². The third kappa shape index (κ3) is 5.52. The second-order valence-corrected chi connectivity index (χ2v) is 9.89. The standard InChI is InChI=1S/C16H18OSe2/c1-13(18-15-9-5-3-6-10-15)17-14(2)19-16-11-7-4-8-12-16/h3-14H,1-2H3. The molecule has 2 aromatic carbocycles. The van der Waals surface area contributed by atoms with Gasteiger partial charge in [-0.1, -0.05) is 0 Å². The first-order chi connectivity index (χ1) is 9.24. The fourth-order valence-corrected chi connectivity index (χ4v) is 5.92. The van der Waals surface area contributed by atoms with Gasteiger partial charge in [-0.2, -0.15) is 0 Å². The van der Waals surface area contributed by atoms with Crippen molar-refractivity contribution in [1.82, 2.24) is 0 Å². The van der Waals surface area contributed by atoms with Gasteiger partial charge in [0.05, 0.1) is 0 Å². The van der Waals surface area contributed by atoms with Crippen LogP contribution >= 0.6 is 0 Å². The van der Waals surface area contributed by atoms with E-state index in [1.54, 1.807) is 0 Å². The predicted octanol–water partition coefficient (Wildman–Crippen LogP) is 1.75. The van der Waals surface area contributed by atoms with E-state index >= 15 is 0 Å². The second kappa shape index (κ2) is 7.89. The number of hydrogen-bond donors (Lipinski definition) is 0. The van der Waals surface area contributed by atoms with Crippen LogP contribution < -0.4 is 8.92 Å². The van der Waals surface area contributed by atoms with Crippen LogP contribution in [0.15, 0.2) is 60.7 Å². The Kier molecular flexibility index (Phi) is 6.16. The first-order valence-electron chi connectivity index (χ1n) is 6.33. The topological polar surface area (TPSA) is 9.23 Å². The van der Waals surface area contributed by atoms with Gasteiger partial charge < -0.3 is 0 Å². The zero-order valence-electron chi connectivity index (χ0n) is 11.2. The van der Waals surface area contributed by atoms with E-state index in [1.165, 1.54) is 8.92 Å². The molecule has 1 nitrogen and oxygen atoms in total. The molecule has 0 N–H and O–H groups in total. The third-order valence-corrected chi connectivity index (χ3v) is 6.62. The summed E-state index contributed by atoms with van der Waals surface area (Å²) in [7, 11) is 0. The molecule has 100 valence electrons. The van der Waals surface area contributed by atoms with Crippen LogP contribution in [-0.2, 0) is 4.74 Å². The Morgan fingerprint density at radius 1 is 0.684 bits per heavy atom. The zero-order chi connectivity index (χ0) is 13.5. The molecule has 2 atom stereocenters. The molecule has 0 amide bonds. The SMILES string of the molecule is CC(OC(C)[Se]c1ccccc1)[Se]c1ccccc1. The molecule has 0 saturated heterocycles. The van der Waals surface area contributed by atoms with Gasteiger partial charge in [-0.05, 0) is 0 Å². The van der Waals surface area contributed by atoms with Gasteiger partial charge in [0.1, 0.15) is 0 Å². The van der Waals surface area contributed by atoms with Crippen LogP contribution in [0, 0.1) is 0 Å². The van der Waals surface area contributed by atoms with Crippen molar-refractivity contribution in [2.24, 2.45) is 0 Å². The maximum absolute atomic E-state index is 6.11. The molecule has 2 aromatic rings. The molecular formula is C16H18OSe2. The molecule has 0 bridgehead atoms. The summed E-state index contributed by atoms with van der Waals surface area (Å²) < 4.78 is 8.92. The molecule has 0 aromatic heterocycles. The van der Waals surface area contributed by atoms with E-state index < -0.39 is 0 Å². The molecule has 0 heterocycles. The van der Waals surface area contributed by atoms with E-state index in [9.17, 15) is 0 Å². The Morgan fingerprint density at radius 2 is 1.05 bits per heavy atom. The van der Waals surface area contributed by atoms with Crippen molar-refractivity contribution in [3.8, 4) is 0 Å². The molecule has 2 unspecified atom stereocenters. The van der Waals surface area contributed by atoms with Crippen LogP contribution in [0.4, 0.5) is 0 Å². The van der Waals surface area contributed by atoms with Gasteiger partial charge in [-0.25, -0.2) is 0 Å². The van der Waals surface area contributed by atoms with E-state index in [-0.39, 0.29) is 0 Å². The molecule has 0 spiro atoms. The third-order valence-electron chi connectivity index (χ3n) is 2.47. The van der Waals surface area contributed by atoms with Crippen LogP contribution in [0.2, 0.25) is 0 Å². The average molecular weight is 384 g/mol. The molecule has 0 radical (unpaired) electrons. The normalized spacial score (nSPS) is 14.0. The van der Waals surface area contributed by atoms with E-state index in [2.05, 4.69) is 74.5 Å².